The van der Waals surface area contributed by atoms with Crippen LogP contribution in [0.3, 0.4) is 0 Å². The van der Waals surface area contributed by atoms with Crippen molar-refractivity contribution in [2.75, 3.05) is 38.6 Å². The molecular formula is C17H26N2O3S. The number of ether oxygens (including phenoxy) is 2. The van der Waals surface area contributed by atoms with E-state index >= 15 is 0 Å². The number of hydrogen-bond acceptors (Lipinski definition) is 5. The third kappa shape index (κ3) is 6.81. The molecule has 0 unspecified atom stereocenters. The third-order valence-electron chi connectivity index (χ3n) is 3.48. The highest BCUT2D eigenvalue weighted by molar-refractivity contribution is 7.97. The van der Waals surface area contributed by atoms with Crippen molar-refractivity contribution in [2.24, 2.45) is 0 Å². The lowest BCUT2D eigenvalue weighted by atomic mass is 10.2. The summed E-state index contributed by atoms with van der Waals surface area (Å²) in [6.45, 7) is 8.72. The molecule has 1 aliphatic heterocycles. The van der Waals surface area contributed by atoms with Gasteiger partial charge in [-0.3, -0.25) is 14.4 Å². The molecule has 0 radical (unpaired) electrons. The molecule has 0 aromatic heterocycles. The lowest BCUT2D eigenvalue weighted by Gasteiger charge is -2.26. The van der Waals surface area contributed by atoms with E-state index in [9.17, 15) is 4.79 Å². The maximum absolute atomic E-state index is 12.0. The molecule has 1 aromatic carbocycles. The molecule has 0 bridgehead atoms. The van der Waals surface area contributed by atoms with Crippen LogP contribution in [-0.4, -0.2) is 55.5 Å². The van der Waals surface area contributed by atoms with Crippen LogP contribution in [0.5, 0.6) is 5.75 Å². The van der Waals surface area contributed by atoms with Crippen molar-refractivity contribution in [3.05, 3.63) is 29.8 Å². The summed E-state index contributed by atoms with van der Waals surface area (Å²) in [5.74, 6) is 1.64. The van der Waals surface area contributed by atoms with Gasteiger partial charge in [0.05, 0.1) is 19.3 Å². The molecule has 0 atom stereocenters. The molecule has 5 nitrogen and oxygen atoms in total. The molecule has 2 rings (SSSR count). The zero-order chi connectivity index (χ0) is 16.5. The standard InChI is InChI=1S/C17H26N2O3S/c1-14(2)22-16-6-4-15(5-7-16)17(20)18-23-13-3-8-19-9-11-21-12-10-19/h4-7,14H,3,8-13H2,1-2H3,(H,18,20). The molecule has 1 N–H and O–H groups in total. The Bertz CT molecular complexity index is 473. The molecule has 0 saturated carbocycles. The first-order chi connectivity index (χ1) is 11.1. The van der Waals surface area contributed by atoms with Gasteiger partial charge in [-0.2, -0.15) is 0 Å². The van der Waals surface area contributed by atoms with Crippen LogP contribution in [0.15, 0.2) is 24.3 Å². The van der Waals surface area contributed by atoms with Crippen molar-refractivity contribution in [1.29, 1.82) is 0 Å². The Kier molecular flexibility index (Phi) is 7.71. The highest BCUT2D eigenvalue weighted by Gasteiger charge is 2.10. The fourth-order valence-electron chi connectivity index (χ4n) is 2.32. The highest BCUT2D eigenvalue weighted by atomic mass is 32.2. The van der Waals surface area contributed by atoms with Crippen molar-refractivity contribution in [3.8, 4) is 5.75 Å². The molecule has 1 aromatic rings. The minimum absolute atomic E-state index is 0.0579. The molecular weight excluding hydrogens is 312 g/mol. The second-order valence-electron chi connectivity index (χ2n) is 5.78. The van der Waals surface area contributed by atoms with E-state index < -0.39 is 0 Å². The normalized spacial score (nSPS) is 15.6. The van der Waals surface area contributed by atoms with Crippen LogP contribution in [-0.2, 0) is 4.74 Å². The van der Waals surface area contributed by atoms with Crippen molar-refractivity contribution in [1.82, 2.24) is 9.62 Å². The predicted molar refractivity (Wildman–Crippen MR) is 94.0 cm³/mol. The molecule has 23 heavy (non-hydrogen) atoms. The minimum atomic E-state index is -0.0579. The quantitative estimate of drug-likeness (QED) is 0.583. The molecule has 1 heterocycles. The summed E-state index contributed by atoms with van der Waals surface area (Å²) in [4.78, 5) is 14.4. The summed E-state index contributed by atoms with van der Waals surface area (Å²) < 4.78 is 13.8. The van der Waals surface area contributed by atoms with Crippen LogP contribution in [0, 0.1) is 0 Å². The van der Waals surface area contributed by atoms with Gasteiger partial charge in [-0.25, -0.2) is 0 Å². The van der Waals surface area contributed by atoms with Gasteiger partial charge in [0.2, 0.25) is 0 Å². The Balaban J connectivity index is 1.62. The fourth-order valence-corrected chi connectivity index (χ4v) is 2.94. The molecule has 128 valence electrons. The van der Waals surface area contributed by atoms with Crippen molar-refractivity contribution in [3.63, 3.8) is 0 Å². The van der Waals surface area contributed by atoms with Gasteiger partial charge in [0.15, 0.2) is 0 Å². The topological polar surface area (TPSA) is 50.8 Å². The number of carbonyl (C=O) groups excluding carboxylic acids is 1. The van der Waals surface area contributed by atoms with Gasteiger partial charge >= 0.3 is 0 Å². The summed E-state index contributed by atoms with van der Waals surface area (Å²) in [7, 11) is 0. The van der Waals surface area contributed by atoms with Crippen LogP contribution in [0.25, 0.3) is 0 Å². The van der Waals surface area contributed by atoms with E-state index in [1.165, 1.54) is 11.9 Å². The maximum Gasteiger partial charge on any atom is 0.261 e. The minimum Gasteiger partial charge on any atom is -0.491 e. The Morgan fingerprint density at radius 3 is 2.65 bits per heavy atom. The monoisotopic (exact) mass is 338 g/mol. The van der Waals surface area contributed by atoms with Crippen molar-refractivity contribution < 1.29 is 14.3 Å². The second kappa shape index (κ2) is 9.80. The average Bonchev–Trinajstić information content (AvgIpc) is 2.55. The highest BCUT2D eigenvalue weighted by Crippen LogP contribution is 2.14. The van der Waals surface area contributed by atoms with Gasteiger partial charge in [0.1, 0.15) is 5.75 Å². The first kappa shape index (κ1) is 18.1. The zero-order valence-corrected chi connectivity index (χ0v) is 14.7. The number of nitrogens with zero attached hydrogens (tertiary/aromatic N) is 1. The number of benzene rings is 1. The largest absolute Gasteiger partial charge is 0.491 e. The van der Waals surface area contributed by atoms with Crippen LogP contribution in [0.4, 0.5) is 0 Å². The summed E-state index contributed by atoms with van der Waals surface area (Å²) in [6.07, 6.45) is 1.20. The third-order valence-corrected chi connectivity index (χ3v) is 4.30. The van der Waals surface area contributed by atoms with Gasteiger partial charge in [-0.1, -0.05) is 11.9 Å². The van der Waals surface area contributed by atoms with Gasteiger partial charge in [0, 0.05) is 24.4 Å². The second-order valence-corrected chi connectivity index (χ2v) is 6.68. The molecule has 0 spiro atoms. The Morgan fingerprint density at radius 2 is 2.00 bits per heavy atom. The molecule has 1 amide bonds. The zero-order valence-electron chi connectivity index (χ0n) is 13.9. The van der Waals surface area contributed by atoms with Crippen LogP contribution >= 0.6 is 11.9 Å². The fraction of sp³-hybridized carbons (Fsp3) is 0.588. The van der Waals surface area contributed by atoms with Crippen LogP contribution in [0.2, 0.25) is 0 Å². The van der Waals surface area contributed by atoms with Crippen molar-refractivity contribution >= 4 is 17.9 Å². The average molecular weight is 338 g/mol. The van der Waals surface area contributed by atoms with E-state index in [2.05, 4.69) is 9.62 Å². The molecule has 6 heteroatoms. The van der Waals surface area contributed by atoms with Crippen LogP contribution in [0.1, 0.15) is 30.6 Å². The predicted octanol–water partition coefficient (Wildman–Crippen LogP) is 2.57. The Hall–Kier alpha value is -1.24. The van der Waals surface area contributed by atoms with E-state index in [0.717, 1.165) is 50.8 Å². The van der Waals surface area contributed by atoms with Crippen LogP contribution < -0.4 is 9.46 Å². The first-order valence-corrected chi connectivity index (χ1v) is 9.12. The summed E-state index contributed by atoms with van der Waals surface area (Å²) in [6, 6.07) is 7.25. The molecule has 0 aliphatic carbocycles. The molecule has 1 fully saturated rings. The van der Waals surface area contributed by atoms with E-state index in [0.29, 0.717) is 5.56 Å². The Labute approximate surface area is 142 Å². The number of morpholine rings is 1. The van der Waals surface area contributed by atoms with Gasteiger partial charge in [-0.15, -0.1) is 0 Å². The smallest absolute Gasteiger partial charge is 0.261 e. The Morgan fingerprint density at radius 1 is 1.30 bits per heavy atom. The molecule has 1 aliphatic rings. The summed E-state index contributed by atoms with van der Waals surface area (Å²) in [5.41, 5.74) is 0.654. The number of nitrogens with one attached hydrogen (secondary N) is 1. The van der Waals surface area contributed by atoms with E-state index in [1.54, 1.807) is 12.1 Å². The van der Waals surface area contributed by atoms with E-state index in [1.807, 2.05) is 26.0 Å². The number of rotatable bonds is 8. The maximum atomic E-state index is 12.0. The summed E-state index contributed by atoms with van der Waals surface area (Å²) in [5, 5.41) is 0. The van der Waals surface area contributed by atoms with Gasteiger partial charge in [0.25, 0.3) is 5.91 Å². The van der Waals surface area contributed by atoms with Crippen molar-refractivity contribution in [2.45, 2.75) is 26.4 Å². The van der Waals surface area contributed by atoms with E-state index in [-0.39, 0.29) is 12.0 Å². The SMILES string of the molecule is CC(C)Oc1ccc(C(=O)NSCCCN2CCOCC2)cc1. The van der Waals surface area contributed by atoms with Gasteiger partial charge in [-0.05, 0) is 51.1 Å². The number of carbonyl (C=O) groups is 1. The lowest BCUT2D eigenvalue weighted by molar-refractivity contribution is 0.0381. The van der Waals surface area contributed by atoms with E-state index in [4.69, 9.17) is 9.47 Å². The molecule has 1 saturated heterocycles. The number of amides is 1. The first-order valence-electron chi connectivity index (χ1n) is 8.14. The lowest BCUT2D eigenvalue weighted by Crippen LogP contribution is -2.37. The number of hydrogen-bond donors (Lipinski definition) is 1. The van der Waals surface area contributed by atoms with Gasteiger partial charge < -0.3 is 9.47 Å². The summed E-state index contributed by atoms with van der Waals surface area (Å²) >= 11 is 1.47.